The second kappa shape index (κ2) is 4.49. The quantitative estimate of drug-likeness (QED) is 0.527. The van der Waals surface area contributed by atoms with E-state index in [9.17, 15) is 4.79 Å². The summed E-state index contributed by atoms with van der Waals surface area (Å²) in [7, 11) is 0. The van der Waals surface area contributed by atoms with E-state index >= 15 is 0 Å². The molecule has 0 saturated heterocycles. The summed E-state index contributed by atoms with van der Waals surface area (Å²) in [5, 5.41) is 6.01. The van der Waals surface area contributed by atoms with Crippen LogP contribution in [0.25, 0.3) is 16.3 Å². The number of hydrogen-bond donors (Lipinski definition) is 0. The maximum absolute atomic E-state index is 12.8. The predicted octanol–water partition coefficient (Wildman–Crippen LogP) is 2.51. The molecule has 0 aliphatic carbocycles. The van der Waals surface area contributed by atoms with Crippen molar-refractivity contribution in [2.24, 2.45) is 0 Å². The maximum Gasteiger partial charge on any atom is 0.199 e. The third-order valence-electron chi connectivity index (χ3n) is 3.48. The molecule has 0 bridgehead atoms. The van der Waals surface area contributed by atoms with Gasteiger partial charge in [-0.2, -0.15) is 5.10 Å². The molecule has 0 aliphatic rings. The predicted molar refractivity (Wildman–Crippen MR) is 78.2 cm³/mol. The molecule has 5 heteroatoms. The number of ketones is 1. The highest BCUT2D eigenvalue weighted by Gasteiger charge is 2.17. The van der Waals surface area contributed by atoms with Crippen molar-refractivity contribution in [2.45, 2.75) is 0 Å². The molecule has 5 nitrogen and oxygen atoms in total. The van der Waals surface area contributed by atoms with Crippen LogP contribution < -0.4 is 0 Å². The molecule has 3 heterocycles. The topological polar surface area (TPSA) is 60.2 Å². The van der Waals surface area contributed by atoms with Gasteiger partial charge in [-0.3, -0.25) is 14.8 Å². The molecule has 0 spiro atoms. The van der Waals surface area contributed by atoms with E-state index < -0.39 is 0 Å². The highest BCUT2D eigenvalue weighted by molar-refractivity contribution is 6.18. The summed E-state index contributed by atoms with van der Waals surface area (Å²) in [6, 6.07) is 7.71. The largest absolute Gasteiger partial charge is 0.288 e. The Kier molecular flexibility index (Phi) is 2.50. The molecular formula is C16H10N4O. The summed E-state index contributed by atoms with van der Waals surface area (Å²) in [6.07, 6.45) is 9.91. The van der Waals surface area contributed by atoms with Gasteiger partial charge in [0.2, 0.25) is 0 Å². The molecule has 3 aromatic heterocycles. The first-order chi connectivity index (χ1) is 10.3. The maximum atomic E-state index is 12.8. The van der Waals surface area contributed by atoms with E-state index in [2.05, 4.69) is 15.1 Å². The molecule has 21 heavy (non-hydrogen) atoms. The lowest BCUT2D eigenvalue weighted by atomic mass is 10.0. The van der Waals surface area contributed by atoms with Crippen LogP contribution >= 0.6 is 0 Å². The number of rotatable bonds is 2. The molecule has 0 N–H and O–H groups in total. The smallest absolute Gasteiger partial charge is 0.199 e. The van der Waals surface area contributed by atoms with Crippen LogP contribution in [0.5, 0.6) is 0 Å². The zero-order valence-corrected chi connectivity index (χ0v) is 11.0. The standard InChI is InChI=1S/C16H10N4O/c21-16(14-9-19-20-6-5-17-10-15(14)20)13-8-18-7-11-3-1-2-4-12(11)13/h1-10H. The summed E-state index contributed by atoms with van der Waals surface area (Å²) >= 11 is 0. The Hall–Kier alpha value is -3.08. The van der Waals surface area contributed by atoms with Gasteiger partial charge in [0.25, 0.3) is 0 Å². The van der Waals surface area contributed by atoms with E-state index in [1.54, 1.807) is 41.7 Å². The number of carbonyl (C=O) groups excluding carboxylic acids is 1. The summed E-state index contributed by atoms with van der Waals surface area (Å²) < 4.78 is 1.64. The van der Waals surface area contributed by atoms with Gasteiger partial charge in [-0.25, -0.2) is 4.52 Å². The Morgan fingerprint density at radius 1 is 0.952 bits per heavy atom. The monoisotopic (exact) mass is 274 g/mol. The van der Waals surface area contributed by atoms with E-state index in [-0.39, 0.29) is 5.78 Å². The first-order valence-corrected chi connectivity index (χ1v) is 6.49. The van der Waals surface area contributed by atoms with Crippen molar-refractivity contribution >= 4 is 22.1 Å². The lowest BCUT2D eigenvalue weighted by molar-refractivity contribution is 0.104. The van der Waals surface area contributed by atoms with Gasteiger partial charge < -0.3 is 0 Å². The molecule has 4 rings (SSSR count). The Balaban J connectivity index is 1.95. The summed E-state index contributed by atoms with van der Waals surface area (Å²) in [4.78, 5) is 21.0. The molecule has 4 aromatic rings. The van der Waals surface area contributed by atoms with Crippen LogP contribution in [-0.4, -0.2) is 25.4 Å². The Morgan fingerprint density at radius 3 is 2.81 bits per heavy atom. The fourth-order valence-corrected chi connectivity index (χ4v) is 2.45. The summed E-state index contributed by atoms with van der Waals surface area (Å²) in [5.41, 5.74) is 1.79. The van der Waals surface area contributed by atoms with Gasteiger partial charge in [0, 0.05) is 35.7 Å². The highest BCUT2D eigenvalue weighted by Crippen LogP contribution is 2.21. The Labute approximate surface area is 119 Å². The zero-order valence-electron chi connectivity index (χ0n) is 11.0. The highest BCUT2D eigenvalue weighted by atomic mass is 16.1. The molecule has 0 aliphatic heterocycles. The first kappa shape index (κ1) is 11.7. The molecule has 0 unspecified atom stereocenters. The van der Waals surface area contributed by atoms with Gasteiger partial charge >= 0.3 is 0 Å². The number of benzene rings is 1. The van der Waals surface area contributed by atoms with E-state index in [1.807, 2.05) is 24.3 Å². The van der Waals surface area contributed by atoms with Gasteiger partial charge in [-0.1, -0.05) is 24.3 Å². The number of pyridine rings is 1. The van der Waals surface area contributed by atoms with Crippen LogP contribution in [0.1, 0.15) is 15.9 Å². The molecule has 100 valence electrons. The molecule has 0 radical (unpaired) electrons. The van der Waals surface area contributed by atoms with Crippen molar-refractivity contribution in [3.63, 3.8) is 0 Å². The van der Waals surface area contributed by atoms with Crippen molar-refractivity contribution in [2.75, 3.05) is 0 Å². The summed E-state index contributed by atoms with van der Waals surface area (Å²) in [6.45, 7) is 0. The van der Waals surface area contributed by atoms with Gasteiger partial charge in [0.15, 0.2) is 5.78 Å². The van der Waals surface area contributed by atoms with Crippen molar-refractivity contribution in [3.05, 3.63) is 72.6 Å². The minimum absolute atomic E-state index is 0.0951. The van der Waals surface area contributed by atoms with E-state index in [0.29, 0.717) is 16.6 Å². The average molecular weight is 274 g/mol. The minimum Gasteiger partial charge on any atom is -0.288 e. The number of nitrogens with zero attached hydrogens (tertiary/aromatic N) is 4. The van der Waals surface area contributed by atoms with E-state index in [1.165, 1.54) is 0 Å². The summed E-state index contributed by atoms with van der Waals surface area (Å²) in [5.74, 6) is -0.0951. The zero-order chi connectivity index (χ0) is 14.2. The van der Waals surface area contributed by atoms with Gasteiger partial charge in [0.1, 0.15) is 0 Å². The first-order valence-electron chi connectivity index (χ1n) is 6.49. The van der Waals surface area contributed by atoms with Crippen LogP contribution in [0.2, 0.25) is 0 Å². The van der Waals surface area contributed by atoms with Gasteiger partial charge in [0.05, 0.1) is 23.5 Å². The molecule has 0 saturated carbocycles. The molecule has 0 atom stereocenters. The third-order valence-corrected chi connectivity index (χ3v) is 3.48. The normalized spacial score (nSPS) is 11.0. The van der Waals surface area contributed by atoms with Crippen molar-refractivity contribution < 1.29 is 4.79 Å². The third kappa shape index (κ3) is 1.79. The molecular weight excluding hydrogens is 264 g/mol. The average Bonchev–Trinajstić information content (AvgIpc) is 2.98. The van der Waals surface area contributed by atoms with Crippen LogP contribution in [-0.2, 0) is 0 Å². The number of aromatic nitrogens is 4. The van der Waals surface area contributed by atoms with Crippen molar-refractivity contribution in [3.8, 4) is 0 Å². The van der Waals surface area contributed by atoms with Gasteiger partial charge in [-0.05, 0) is 5.39 Å². The SMILES string of the molecule is O=C(c1cncc2ccccc12)c1cnn2ccncc12. The van der Waals surface area contributed by atoms with E-state index in [0.717, 1.165) is 10.8 Å². The van der Waals surface area contributed by atoms with E-state index in [4.69, 9.17) is 0 Å². The number of hydrogen-bond acceptors (Lipinski definition) is 4. The Morgan fingerprint density at radius 2 is 1.86 bits per heavy atom. The van der Waals surface area contributed by atoms with Crippen LogP contribution in [0, 0.1) is 0 Å². The fourth-order valence-electron chi connectivity index (χ4n) is 2.45. The number of fused-ring (bicyclic) bond motifs is 2. The van der Waals surface area contributed by atoms with Crippen LogP contribution in [0.15, 0.2) is 61.4 Å². The van der Waals surface area contributed by atoms with Gasteiger partial charge in [-0.15, -0.1) is 0 Å². The number of carbonyl (C=O) groups is 1. The molecule has 1 aromatic carbocycles. The van der Waals surface area contributed by atoms with Crippen molar-refractivity contribution in [1.82, 2.24) is 19.6 Å². The van der Waals surface area contributed by atoms with Crippen LogP contribution in [0.4, 0.5) is 0 Å². The minimum atomic E-state index is -0.0951. The second-order valence-electron chi connectivity index (χ2n) is 4.70. The Bertz CT molecular complexity index is 969. The lowest BCUT2D eigenvalue weighted by Crippen LogP contribution is -2.03. The molecule has 0 amide bonds. The fraction of sp³-hybridized carbons (Fsp3) is 0. The second-order valence-corrected chi connectivity index (χ2v) is 4.70. The van der Waals surface area contributed by atoms with Crippen LogP contribution in [0.3, 0.4) is 0 Å². The molecule has 0 fully saturated rings. The lowest BCUT2D eigenvalue weighted by Gasteiger charge is -2.04. The van der Waals surface area contributed by atoms with Crippen molar-refractivity contribution in [1.29, 1.82) is 0 Å².